The number of fused-ring (bicyclic) bond motifs is 1. The van der Waals surface area contributed by atoms with Crippen molar-refractivity contribution >= 4 is 17.5 Å². The predicted molar refractivity (Wildman–Crippen MR) is 140 cm³/mol. The van der Waals surface area contributed by atoms with Gasteiger partial charge in [0.1, 0.15) is 0 Å². The normalized spacial score (nSPS) is 16.8. The standard InChI is InChI=1S/C31H44O4/c1-21(11-8-12-22(2)15-10-16-24(4)31(34)35)13-9-14-23(3)19-20-26-25(5)29(32)27-17-6-7-18-28(27)30(26)33/h6-7,17-19,21-22,24H,8-16,20H2,1-5H3,(H,34,35)/p-1/b23-19+. The van der Waals surface area contributed by atoms with E-state index in [4.69, 9.17) is 0 Å². The maximum Gasteiger partial charge on any atom is 0.190 e. The smallest absolute Gasteiger partial charge is 0.190 e. The maximum absolute atomic E-state index is 12.9. The molecule has 0 saturated heterocycles. The second-order valence-corrected chi connectivity index (χ2v) is 10.7. The number of carbonyl (C=O) groups excluding carboxylic acids is 3. The van der Waals surface area contributed by atoms with Crippen LogP contribution in [0, 0.1) is 17.8 Å². The van der Waals surface area contributed by atoms with E-state index in [1.54, 1.807) is 32.0 Å². The summed E-state index contributed by atoms with van der Waals surface area (Å²) in [6.45, 7) is 10.2. The van der Waals surface area contributed by atoms with Gasteiger partial charge in [0.05, 0.1) is 0 Å². The van der Waals surface area contributed by atoms with Gasteiger partial charge in [-0.15, -0.1) is 0 Å². The Labute approximate surface area is 211 Å². The number of allylic oxidation sites excluding steroid dienone is 4. The van der Waals surface area contributed by atoms with E-state index in [1.807, 2.05) is 6.07 Å². The lowest BCUT2D eigenvalue weighted by atomic mass is 9.83. The Kier molecular flexibility index (Phi) is 11.6. The molecule has 0 fully saturated rings. The molecule has 3 atom stereocenters. The molecule has 1 aliphatic rings. The lowest BCUT2D eigenvalue weighted by Gasteiger charge is -2.18. The number of hydrogen-bond donors (Lipinski definition) is 0. The fraction of sp³-hybridized carbons (Fsp3) is 0.581. The predicted octanol–water partition coefficient (Wildman–Crippen LogP) is 6.89. The summed E-state index contributed by atoms with van der Waals surface area (Å²) in [5.74, 6) is -0.00276. The molecular formula is C31H43O4-. The van der Waals surface area contributed by atoms with Crippen molar-refractivity contribution in [3.8, 4) is 0 Å². The molecule has 0 N–H and O–H groups in total. The SMILES string of the molecule is CC1=C(C/C=C(\C)CCCC(C)CCCC(C)CCCC(C)C(=O)[O-])C(=O)c2ccccc2C1=O. The van der Waals surface area contributed by atoms with Gasteiger partial charge in [-0.3, -0.25) is 9.59 Å². The van der Waals surface area contributed by atoms with Gasteiger partial charge in [0.25, 0.3) is 0 Å². The second kappa shape index (κ2) is 14.2. The van der Waals surface area contributed by atoms with Crippen LogP contribution in [0.3, 0.4) is 0 Å². The third-order valence-electron chi connectivity index (χ3n) is 7.54. The molecule has 4 heteroatoms. The number of ketones is 2. The van der Waals surface area contributed by atoms with Crippen LogP contribution in [0.4, 0.5) is 0 Å². The van der Waals surface area contributed by atoms with Gasteiger partial charge >= 0.3 is 0 Å². The quantitative estimate of drug-likeness (QED) is 0.257. The topological polar surface area (TPSA) is 74.3 Å². The van der Waals surface area contributed by atoms with Gasteiger partial charge < -0.3 is 9.90 Å². The van der Waals surface area contributed by atoms with Crippen molar-refractivity contribution < 1.29 is 19.5 Å². The van der Waals surface area contributed by atoms with Gasteiger partial charge in [-0.05, 0) is 57.3 Å². The summed E-state index contributed by atoms with van der Waals surface area (Å²) in [6, 6.07) is 7.10. The molecule has 3 unspecified atom stereocenters. The third kappa shape index (κ3) is 8.91. The molecule has 0 aliphatic heterocycles. The lowest BCUT2D eigenvalue weighted by molar-refractivity contribution is -0.311. The van der Waals surface area contributed by atoms with Crippen LogP contribution in [0.1, 0.15) is 120 Å². The minimum Gasteiger partial charge on any atom is -0.550 e. The first-order valence-electron chi connectivity index (χ1n) is 13.4. The highest BCUT2D eigenvalue weighted by Crippen LogP contribution is 2.29. The van der Waals surface area contributed by atoms with Crippen LogP contribution in [-0.4, -0.2) is 17.5 Å². The van der Waals surface area contributed by atoms with Crippen molar-refractivity contribution in [1.29, 1.82) is 0 Å². The maximum atomic E-state index is 12.9. The minimum absolute atomic E-state index is 0.0157. The van der Waals surface area contributed by atoms with Crippen LogP contribution in [0.2, 0.25) is 0 Å². The summed E-state index contributed by atoms with van der Waals surface area (Å²) in [5.41, 5.74) is 3.53. The average molecular weight is 480 g/mol. The first-order chi connectivity index (χ1) is 16.6. The Balaban J connectivity index is 1.67. The van der Waals surface area contributed by atoms with Crippen LogP contribution < -0.4 is 5.11 Å². The minimum atomic E-state index is -0.938. The van der Waals surface area contributed by atoms with Gasteiger partial charge in [-0.2, -0.15) is 0 Å². The molecule has 192 valence electrons. The first kappa shape index (κ1) is 28.7. The molecule has 0 aromatic heterocycles. The van der Waals surface area contributed by atoms with E-state index in [2.05, 4.69) is 26.8 Å². The fourth-order valence-electron chi connectivity index (χ4n) is 4.90. The van der Waals surface area contributed by atoms with E-state index in [9.17, 15) is 19.5 Å². The van der Waals surface area contributed by atoms with Crippen molar-refractivity contribution in [3.05, 3.63) is 58.2 Å². The van der Waals surface area contributed by atoms with E-state index in [-0.39, 0.29) is 17.5 Å². The van der Waals surface area contributed by atoms with Crippen molar-refractivity contribution in [2.24, 2.45) is 17.8 Å². The summed E-state index contributed by atoms with van der Waals surface area (Å²) in [5, 5.41) is 10.8. The number of Topliss-reactive ketones (excluding diaryl/α,β-unsaturated/α-hetero) is 2. The fourth-order valence-corrected chi connectivity index (χ4v) is 4.90. The van der Waals surface area contributed by atoms with Crippen molar-refractivity contribution in [2.75, 3.05) is 0 Å². The summed E-state index contributed by atoms with van der Waals surface area (Å²) >= 11 is 0. The molecule has 4 nitrogen and oxygen atoms in total. The Morgan fingerprint density at radius 3 is 1.94 bits per heavy atom. The number of carbonyl (C=O) groups is 3. The summed E-state index contributed by atoms with van der Waals surface area (Å²) in [6.07, 6.45) is 12.4. The van der Waals surface area contributed by atoms with E-state index < -0.39 is 5.97 Å². The van der Waals surface area contributed by atoms with E-state index >= 15 is 0 Å². The van der Waals surface area contributed by atoms with Crippen molar-refractivity contribution in [1.82, 2.24) is 0 Å². The molecule has 1 aromatic rings. The zero-order chi connectivity index (χ0) is 26.0. The Morgan fingerprint density at radius 1 is 0.857 bits per heavy atom. The monoisotopic (exact) mass is 479 g/mol. The number of hydrogen-bond acceptors (Lipinski definition) is 4. The number of carboxylic acids is 1. The highest BCUT2D eigenvalue weighted by atomic mass is 16.4. The zero-order valence-electron chi connectivity index (χ0n) is 22.3. The average Bonchev–Trinajstić information content (AvgIpc) is 2.82. The van der Waals surface area contributed by atoms with E-state index in [0.717, 1.165) is 25.7 Å². The van der Waals surface area contributed by atoms with Crippen molar-refractivity contribution in [2.45, 2.75) is 98.8 Å². The van der Waals surface area contributed by atoms with Crippen LogP contribution in [0.15, 0.2) is 47.1 Å². The molecule has 0 bridgehead atoms. The van der Waals surface area contributed by atoms with Gasteiger partial charge in [0.15, 0.2) is 11.6 Å². The number of rotatable bonds is 15. The van der Waals surface area contributed by atoms with Gasteiger partial charge in [-0.25, -0.2) is 0 Å². The first-order valence-corrected chi connectivity index (χ1v) is 13.4. The van der Waals surface area contributed by atoms with Crippen molar-refractivity contribution in [3.63, 3.8) is 0 Å². The molecule has 1 aliphatic carbocycles. The van der Waals surface area contributed by atoms with E-state index in [0.29, 0.717) is 47.0 Å². The molecule has 0 heterocycles. The summed E-state index contributed by atoms with van der Waals surface area (Å²) in [7, 11) is 0. The Hall–Kier alpha value is -2.49. The molecule has 0 saturated carbocycles. The van der Waals surface area contributed by atoms with Crippen LogP contribution >= 0.6 is 0 Å². The molecule has 0 radical (unpaired) electrons. The largest absolute Gasteiger partial charge is 0.550 e. The molecule has 35 heavy (non-hydrogen) atoms. The van der Waals surface area contributed by atoms with Crippen LogP contribution in [-0.2, 0) is 4.79 Å². The second-order valence-electron chi connectivity index (χ2n) is 10.7. The lowest BCUT2D eigenvalue weighted by Crippen LogP contribution is -2.29. The Morgan fingerprint density at radius 2 is 1.37 bits per heavy atom. The highest BCUT2D eigenvalue weighted by Gasteiger charge is 2.28. The number of benzene rings is 1. The molecule has 0 spiro atoms. The van der Waals surface area contributed by atoms with Gasteiger partial charge in [0.2, 0.25) is 0 Å². The Bertz CT molecular complexity index is 952. The summed E-state index contributed by atoms with van der Waals surface area (Å²) in [4.78, 5) is 36.3. The van der Waals surface area contributed by atoms with E-state index in [1.165, 1.54) is 31.3 Å². The molecule has 1 aromatic carbocycles. The van der Waals surface area contributed by atoms with Crippen LogP contribution in [0.25, 0.3) is 0 Å². The van der Waals surface area contributed by atoms with Gasteiger partial charge in [-0.1, -0.05) is 95.2 Å². The molecule has 0 amide bonds. The molecule has 2 rings (SSSR count). The van der Waals surface area contributed by atoms with Gasteiger partial charge in [0, 0.05) is 28.2 Å². The number of aliphatic carboxylic acids is 1. The highest BCUT2D eigenvalue weighted by molar-refractivity contribution is 6.26. The zero-order valence-corrected chi connectivity index (χ0v) is 22.3. The molecular weight excluding hydrogens is 436 g/mol. The third-order valence-corrected chi connectivity index (χ3v) is 7.54. The summed E-state index contributed by atoms with van der Waals surface area (Å²) < 4.78 is 0. The van der Waals surface area contributed by atoms with Crippen LogP contribution in [0.5, 0.6) is 0 Å². The number of carboxylic acid groups (broad SMARTS) is 1.